The SMILES string of the molecule is CC(C)(C)C(=O)OC1C#CCCCCC#C/C1=C\c1ccccc1CS. The third-order valence-corrected chi connectivity index (χ3v) is 4.32. The van der Waals surface area contributed by atoms with Gasteiger partial charge in [-0.25, -0.2) is 0 Å². The summed E-state index contributed by atoms with van der Waals surface area (Å²) in [5.41, 5.74) is 2.28. The molecule has 0 amide bonds. The highest BCUT2D eigenvalue weighted by molar-refractivity contribution is 7.79. The van der Waals surface area contributed by atoms with Gasteiger partial charge in [0.05, 0.1) is 11.0 Å². The van der Waals surface area contributed by atoms with E-state index in [1.807, 2.05) is 51.1 Å². The summed E-state index contributed by atoms with van der Waals surface area (Å²) in [5, 5.41) is 0. The molecule has 1 aliphatic rings. The molecule has 136 valence electrons. The molecule has 1 aromatic rings. The number of carbonyl (C=O) groups is 1. The number of rotatable bonds is 3. The van der Waals surface area contributed by atoms with Crippen LogP contribution >= 0.6 is 12.6 Å². The van der Waals surface area contributed by atoms with E-state index in [4.69, 9.17) is 4.74 Å². The number of hydrogen-bond acceptors (Lipinski definition) is 3. The van der Waals surface area contributed by atoms with Crippen molar-refractivity contribution < 1.29 is 9.53 Å². The monoisotopic (exact) mass is 366 g/mol. The maximum absolute atomic E-state index is 12.4. The van der Waals surface area contributed by atoms with Gasteiger partial charge in [-0.05, 0) is 50.8 Å². The average molecular weight is 367 g/mol. The Morgan fingerprint density at radius 3 is 2.62 bits per heavy atom. The van der Waals surface area contributed by atoms with Crippen molar-refractivity contribution in [3.05, 3.63) is 41.0 Å². The lowest BCUT2D eigenvalue weighted by Crippen LogP contribution is -2.28. The quantitative estimate of drug-likeness (QED) is 0.461. The molecular weight excluding hydrogens is 340 g/mol. The van der Waals surface area contributed by atoms with Crippen molar-refractivity contribution in [1.82, 2.24) is 0 Å². The number of esters is 1. The zero-order valence-electron chi connectivity index (χ0n) is 15.8. The van der Waals surface area contributed by atoms with Crippen LogP contribution < -0.4 is 0 Å². The van der Waals surface area contributed by atoms with Crippen LogP contribution in [-0.2, 0) is 15.3 Å². The van der Waals surface area contributed by atoms with Crippen LogP contribution in [-0.4, -0.2) is 12.1 Å². The third kappa shape index (κ3) is 6.01. The highest BCUT2D eigenvalue weighted by Crippen LogP contribution is 2.22. The largest absolute Gasteiger partial charge is 0.443 e. The van der Waals surface area contributed by atoms with Crippen LogP contribution in [0.1, 0.15) is 57.6 Å². The molecule has 0 aliphatic heterocycles. The first-order valence-corrected chi connectivity index (χ1v) is 9.64. The maximum atomic E-state index is 12.4. The van der Waals surface area contributed by atoms with E-state index in [9.17, 15) is 4.79 Å². The normalized spacial score (nSPS) is 18.9. The van der Waals surface area contributed by atoms with Gasteiger partial charge in [-0.2, -0.15) is 12.6 Å². The van der Waals surface area contributed by atoms with Crippen LogP contribution in [0.4, 0.5) is 0 Å². The number of ether oxygens (including phenoxy) is 1. The molecule has 0 N–H and O–H groups in total. The van der Waals surface area contributed by atoms with Gasteiger partial charge in [0.15, 0.2) is 6.10 Å². The molecule has 1 atom stereocenters. The standard InChI is InChI=1S/C23H26O2S/c1-23(2,3)22(24)25-21-15-9-7-5-4-6-8-13-19(21)16-18-12-10-11-14-20(18)17-26/h10-12,14,16,21,26H,4-7,17H2,1-3H3/b19-16+. The molecule has 3 heteroatoms. The predicted octanol–water partition coefficient (Wildman–Crippen LogP) is 5.04. The Morgan fingerprint density at radius 2 is 1.92 bits per heavy atom. The van der Waals surface area contributed by atoms with Gasteiger partial charge in [0, 0.05) is 18.6 Å². The van der Waals surface area contributed by atoms with E-state index in [2.05, 4.69) is 36.3 Å². The molecule has 0 radical (unpaired) electrons. The summed E-state index contributed by atoms with van der Waals surface area (Å²) in [5.74, 6) is 13.0. The second kappa shape index (κ2) is 9.56. The van der Waals surface area contributed by atoms with Crippen molar-refractivity contribution in [2.45, 2.75) is 58.3 Å². The zero-order chi connectivity index (χ0) is 19.0. The van der Waals surface area contributed by atoms with E-state index in [-0.39, 0.29) is 5.97 Å². The van der Waals surface area contributed by atoms with E-state index in [1.165, 1.54) is 0 Å². The van der Waals surface area contributed by atoms with Gasteiger partial charge >= 0.3 is 5.97 Å². The summed E-state index contributed by atoms with van der Waals surface area (Å²) in [6.45, 7) is 5.52. The molecule has 1 aromatic carbocycles. The van der Waals surface area contributed by atoms with Gasteiger partial charge < -0.3 is 4.74 Å². The molecule has 2 nitrogen and oxygen atoms in total. The summed E-state index contributed by atoms with van der Waals surface area (Å²) in [6.07, 6.45) is 5.02. The van der Waals surface area contributed by atoms with Crippen LogP contribution in [0, 0.1) is 29.1 Å². The first-order valence-electron chi connectivity index (χ1n) is 9.00. The number of benzene rings is 1. The highest BCUT2D eigenvalue weighted by Gasteiger charge is 2.27. The topological polar surface area (TPSA) is 26.3 Å². The summed E-state index contributed by atoms with van der Waals surface area (Å²) >= 11 is 4.40. The predicted molar refractivity (Wildman–Crippen MR) is 110 cm³/mol. The number of thiol groups is 1. The van der Waals surface area contributed by atoms with E-state index in [0.717, 1.165) is 42.4 Å². The molecule has 0 spiro atoms. The van der Waals surface area contributed by atoms with E-state index in [0.29, 0.717) is 5.75 Å². The van der Waals surface area contributed by atoms with Crippen molar-refractivity contribution in [3.63, 3.8) is 0 Å². The van der Waals surface area contributed by atoms with E-state index < -0.39 is 11.5 Å². The lowest BCUT2D eigenvalue weighted by Gasteiger charge is -2.21. The minimum atomic E-state index is -0.639. The highest BCUT2D eigenvalue weighted by atomic mass is 32.1. The lowest BCUT2D eigenvalue weighted by molar-refractivity contribution is -0.154. The first-order chi connectivity index (χ1) is 12.4. The molecule has 0 saturated carbocycles. The van der Waals surface area contributed by atoms with Gasteiger partial charge in [-0.1, -0.05) is 47.9 Å². The zero-order valence-corrected chi connectivity index (χ0v) is 16.7. The van der Waals surface area contributed by atoms with E-state index >= 15 is 0 Å². The minimum absolute atomic E-state index is 0.274. The van der Waals surface area contributed by atoms with Crippen LogP contribution in [0.2, 0.25) is 0 Å². The molecule has 1 unspecified atom stereocenters. The van der Waals surface area contributed by atoms with Crippen LogP contribution in [0.15, 0.2) is 29.8 Å². The van der Waals surface area contributed by atoms with Crippen LogP contribution in [0.25, 0.3) is 6.08 Å². The molecule has 26 heavy (non-hydrogen) atoms. The van der Waals surface area contributed by atoms with E-state index in [1.54, 1.807) is 0 Å². The Balaban J connectivity index is 2.45. The molecule has 0 aromatic heterocycles. The van der Waals surface area contributed by atoms with Crippen molar-refractivity contribution in [1.29, 1.82) is 0 Å². The van der Waals surface area contributed by atoms with Crippen molar-refractivity contribution >= 4 is 24.7 Å². The summed E-state index contributed by atoms with van der Waals surface area (Å²) in [7, 11) is 0. The maximum Gasteiger partial charge on any atom is 0.312 e. The summed E-state index contributed by atoms with van der Waals surface area (Å²) in [4.78, 5) is 12.4. The molecule has 2 rings (SSSR count). The fourth-order valence-electron chi connectivity index (χ4n) is 2.37. The van der Waals surface area contributed by atoms with Crippen LogP contribution in [0.3, 0.4) is 0 Å². The number of hydrogen-bond donors (Lipinski definition) is 1. The lowest BCUT2D eigenvalue weighted by atomic mass is 9.96. The summed E-state index contributed by atoms with van der Waals surface area (Å²) in [6, 6.07) is 8.03. The molecular formula is C23H26O2S. The van der Waals surface area contributed by atoms with Gasteiger partial charge in [0.1, 0.15) is 0 Å². The first kappa shape index (κ1) is 20.2. The Bertz CT molecular complexity index is 791. The number of carbonyl (C=O) groups excluding carboxylic acids is 1. The fourth-order valence-corrected chi connectivity index (χ4v) is 2.66. The Hall–Kier alpha value is -2.10. The summed E-state index contributed by atoms with van der Waals surface area (Å²) < 4.78 is 5.74. The molecule has 0 fully saturated rings. The van der Waals surface area contributed by atoms with Gasteiger partial charge in [-0.15, -0.1) is 0 Å². The second-order valence-corrected chi connectivity index (χ2v) is 7.64. The van der Waals surface area contributed by atoms with Crippen LogP contribution in [0.5, 0.6) is 0 Å². The van der Waals surface area contributed by atoms with Crippen molar-refractivity contribution in [2.75, 3.05) is 0 Å². The fraction of sp³-hybridized carbons (Fsp3) is 0.435. The Labute approximate surface area is 162 Å². The van der Waals surface area contributed by atoms with Gasteiger partial charge in [-0.3, -0.25) is 4.79 Å². The van der Waals surface area contributed by atoms with Crippen molar-refractivity contribution in [2.24, 2.45) is 5.41 Å². The molecule has 1 aliphatic carbocycles. The molecule has 0 saturated heterocycles. The Kier molecular flexibility index (Phi) is 7.43. The van der Waals surface area contributed by atoms with Crippen molar-refractivity contribution in [3.8, 4) is 23.7 Å². The molecule has 0 bridgehead atoms. The Morgan fingerprint density at radius 1 is 1.23 bits per heavy atom. The second-order valence-electron chi connectivity index (χ2n) is 7.32. The third-order valence-electron chi connectivity index (χ3n) is 3.98. The van der Waals surface area contributed by atoms with Gasteiger partial charge in [0.2, 0.25) is 0 Å². The minimum Gasteiger partial charge on any atom is -0.443 e. The average Bonchev–Trinajstić information content (AvgIpc) is 2.61. The van der Waals surface area contributed by atoms with Gasteiger partial charge in [0.25, 0.3) is 0 Å². The smallest absolute Gasteiger partial charge is 0.312 e. The molecule has 0 heterocycles.